The van der Waals surface area contributed by atoms with Gasteiger partial charge in [0.1, 0.15) is 4.21 Å². The molecule has 7 nitrogen and oxygen atoms in total. The minimum absolute atomic E-state index is 0.00740. The molecule has 0 saturated heterocycles. The number of thiophene rings is 1. The molecule has 0 radical (unpaired) electrons. The van der Waals surface area contributed by atoms with Gasteiger partial charge in [-0.05, 0) is 19.3 Å². The summed E-state index contributed by atoms with van der Waals surface area (Å²) in [5, 5.41) is 14.4. The Morgan fingerprint density at radius 3 is 2.70 bits per heavy atom. The van der Waals surface area contributed by atoms with Gasteiger partial charge in [0.15, 0.2) is 14.8 Å². The van der Waals surface area contributed by atoms with Gasteiger partial charge in [0.25, 0.3) is 0 Å². The molecule has 0 amide bonds. The zero-order valence-electron chi connectivity index (χ0n) is 11.2. The van der Waals surface area contributed by atoms with E-state index in [4.69, 9.17) is 4.74 Å². The fraction of sp³-hybridized carbons (Fsp3) is 0.636. The average molecular weight is 320 g/mol. The predicted molar refractivity (Wildman–Crippen MR) is 76.1 cm³/mol. The summed E-state index contributed by atoms with van der Waals surface area (Å²) in [5.74, 6) is 0. The van der Waals surface area contributed by atoms with E-state index in [1.54, 1.807) is 7.11 Å². The monoisotopic (exact) mass is 320 g/mol. The summed E-state index contributed by atoms with van der Waals surface area (Å²) in [6.45, 7) is 0. The molecule has 1 aromatic heterocycles. The molecule has 0 aromatic carbocycles. The first-order chi connectivity index (χ1) is 9.31. The number of nitrogens with zero attached hydrogens (tertiary/aromatic N) is 1. The second kappa shape index (κ2) is 5.66. The van der Waals surface area contributed by atoms with Crippen molar-refractivity contribution in [1.29, 1.82) is 0 Å². The molecule has 1 saturated carbocycles. The number of rotatable bonds is 5. The summed E-state index contributed by atoms with van der Waals surface area (Å²) in [5.41, 5.74) is -0.184. The van der Waals surface area contributed by atoms with Crippen molar-refractivity contribution in [3.8, 4) is 0 Å². The third-order valence-corrected chi connectivity index (χ3v) is 6.16. The molecule has 9 heteroatoms. The van der Waals surface area contributed by atoms with Gasteiger partial charge in [0.2, 0.25) is 0 Å². The van der Waals surface area contributed by atoms with E-state index in [0.29, 0.717) is 5.00 Å². The van der Waals surface area contributed by atoms with E-state index >= 15 is 0 Å². The minimum atomic E-state index is -3.44. The summed E-state index contributed by atoms with van der Waals surface area (Å²) < 4.78 is 28.3. The Hall–Kier alpha value is -1.19. The third kappa shape index (κ3) is 3.28. The number of anilines is 1. The lowest BCUT2D eigenvalue weighted by atomic mass is 10.2. The first-order valence-electron chi connectivity index (χ1n) is 6.09. The van der Waals surface area contributed by atoms with Crippen LogP contribution in [0.2, 0.25) is 0 Å². The Balaban J connectivity index is 2.23. The van der Waals surface area contributed by atoms with Gasteiger partial charge in [-0.2, -0.15) is 0 Å². The molecule has 0 bridgehead atoms. The van der Waals surface area contributed by atoms with E-state index < -0.39 is 14.8 Å². The highest BCUT2D eigenvalue weighted by molar-refractivity contribution is 7.92. The van der Waals surface area contributed by atoms with Crippen LogP contribution in [0.3, 0.4) is 0 Å². The van der Waals surface area contributed by atoms with Crippen LogP contribution in [0.25, 0.3) is 0 Å². The molecule has 1 fully saturated rings. The zero-order valence-corrected chi connectivity index (χ0v) is 12.8. The van der Waals surface area contributed by atoms with Gasteiger partial charge in [-0.1, -0.05) is 11.3 Å². The molecular weight excluding hydrogens is 304 g/mol. The highest BCUT2D eigenvalue weighted by Gasteiger charge is 2.29. The zero-order chi connectivity index (χ0) is 14.9. The Morgan fingerprint density at radius 1 is 1.50 bits per heavy atom. The highest BCUT2D eigenvalue weighted by Crippen LogP contribution is 2.39. The van der Waals surface area contributed by atoms with Crippen LogP contribution in [-0.2, 0) is 14.6 Å². The maximum atomic E-state index is 11.5. The van der Waals surface area contributed by atoms with Crippen LogP contribution in [0, 0.1) is 10.1 Å². The Kier molecular flexibility index (Phi) is 4.31. The van der Waals surface area contributed by atoms with Crippen LogP contribution in [0.5, 0.6) is 0 Å². The molecule has 0 aliphatic heterocycles. The molecule has 2 rings (SSSR count). The van der Waals surface area contributed by atoms with Gasteiger partial charge in [-0.25, -0.2) is 8.42 Å². The summed E-state index contributed by atoms with van der Waals surface area (Å²) in [6.07, 6.45) is 3.71. The molecule has 2 atom stereocenters. The van der Waals surface area contributed by atoms with E-state index in [9.17, 15) is 18.5 Å². The fourth-order valence-corrected chi connectivity index (χ4v) is 4.27. The molecule has 1 aliphatic rings. The number of hydrogen-bond donors (Lipinski definition) is 1. The molecule has 1 aliphatic carbocycles. The van der Waals surface area contributed by atoms with Crippen molar-refractivity contribution >= 4 is 31.9 Å². The maximum absolute atomic E-state index is 11.5. The SMILES string of the molecule is COC1CCC(Nc2sc(S(C)(=O)=O)cc2[N+](=O)[O-])C1. The van der Waals surface area contributed by atoms with Gasteiger partial charge in [-0.3, -0.25) is 10.1 Å². The molecule has 1 heterocycles. The lowest BCUT2D eigenvalue weighted by Gasteiger charge is -2.12. The van der Waals surface area contributed by atoms with Crippen LogP contribution < -0.4 is 5.32 Å². The van der Waals surface area contributed by atoms with Crippen molar-refractivity contribution in [2.24, 2.45) is 0 Å². The van der Waals surface area contributed by atoms with Crippen molar-refractivity contribution in [3.05, 3.63) is 16.2 Å². The molecule has 20 heavy (non-hydrogen) atoms. The second-order valence-corrected chi connectivity index (χ2v) is 8.12. The average Bonchev–Trinajstić information content (AvgIpc) is 2.95. The largest absolute Gasteiger partial charge is 0.381 e. The smallest absolute Gasteiger partial charge is 0.304 e. The number of ether oxygens (including phenoxy) is 1. The fourth-order valence-electron chi connectivity index (χ4n) is 2.25. The van der Waals surface area contributed by atoms with E-state index in [0.717, 1.165) is 42.9 Å². The topological polar surface area (TPSA) is 98.5 Å². The van der Waals surface area contributed by atoms with Gasteiger partial charge < -0.3 is 10.1 Å². The summed E-state index contributed by atoms with van der Waals surface area (Å²) in [6, 6.07) is 1.19. The second-order valence-electron chi connectivity index (χ2n) is 4.82. The van der Waals surface area contributed by atoms with Crippen LogP contribution >= 0.6 is 11.3 Å². The van der Waals surface area contributed by atoms with E-state index in [1.807, 2.05) is 0 Å². The Morgan fingerprint density at radius 2 is 2.20 bits per heavy atom. The van der Waals surface area contributed by atoms with Crippen LogP contribution in [0.15, 0.2) is 10.3 Å². The first kappa shape index (κ1) is 15.2. The number of sulfone groups is 1. The van der Waals surface area contributed by atoms with Gasteiger partial charge in [-0.15, -0.1) is 0 Å². The van der Waals surface area contributed by atoms with Gasteiger partial charge >= 0.3 is 5.69 Å². The Labute approximate surface area is 121 Å². The molecule has 2 unspecified atom stereocenters. The van der Waals surface area contributed by atoms with Crippen molar-refractivity contribution in [2.75, 3.05) is 18.7 Å². The van der Waals surface area contributed by atoms with E-state index in [-0.39, 0.29) is 22.0 Å². The number of nitrogens with one attached hydrogen (secondary N) is 1. The van der Waals surface area contributed by atoms with Crippen molar-refractivity contribution in [3.63, 3.8) is 0 Å². The van der Waals surface area contributed by atoms with Gasteiger partial charge in [0, 0.05) is 25.5 Å². The third-order valence-electron chi connectivity index (χ3n) is 3.31. The first-order valence-corrected chi connectivity index (χ1v) is 8.79. The lowest BCUT2D eigenvalue weighted by molar-refractivity contribution is -0.383. The molecule has 0 spiro atoms. The van der Waals surface area contributed by atoms with Crippen LogP contribution in [-0.4, -0.2) is 38.9 Å². The van der Waals surface area contributed by atoms with E-state index in [1.165, 1.54) is 0 Å². The molecule has 1 N–H and O–H groups in total. The summed E-state index contributed by atoms with van der Waals surface area (Å²) in [7, 11) is -1.80. The summed E-state index contributed by atoms with van der Waals surface area (Å²) >= 11 is 0.909. The summed E-state index contributed by atoms with van der Waals surface area (Å²) in [4.78, 5) is 10.4. The lowest BCUT2D eigenvalue weighted by Crippen LogP contribution is -2.17. The Bertz CT molecular complexity index is 610. The number of nitro groups is 1. The molecule has 112 valence electrons. The quantitative estimate of drug-likeness (QED) is 0.658. The van der Waals surface area contributed by atoms with Crippen molar-refractivity contribution in [2.45, 2.75) is 35.6 Å². The van der Waals surface area contributed by atoms with Crippen LogP contribution in [0.1, 0.15) is 19.3 Å². The molecular formula is C11H16N2O5S2. The highest BCUT2D eigenvalue weighted by atomic mass is 32.2. The number of hydrogen-bond acceptors (Lipinski definition) is 7. The molecule has 1 aromatic rings. The van der Waals surface area contributed by atoms with Crippen molar-refractivity contribution < 1.29 is 18.1 Å². The minimum Gasteiger partial charge on any atom is -0.381 e. The van der Waals surface area contributed by atoms with E-state index in [2.05, 4.69) is 5.32 Å². The van der Waals surface area contributed by atoms with Gasteiger partial charge in [0.05, 0.1) is 11.0 Å². The van der Waals surface area contributed by atoms with Crippen LogP contribution in [0.4, 0.5) is 10.7 Å². The normalized spacial score (nSPS) is 22.9. The standard InChI is InChI=1S/C11H16N2O5S2/c1-18-8-4-3-7(5-8)12-11-9(13(14)15)6-10(19-11)20(2,16)17/h6-8,12H,3-5H2,1-2H3. The number of methoxy groups -OCH3 is 1. The predicted octanol–water partition coefficient (Wildman–Crippen LogP) is 2.04. The van der Waals surface area contributed by atoms with Crippen molar-refractivity contribution in [1.82, 2.24) is 0 Å². The maximum Gasteiger partial charge on any atom is 0.304 e.